The number of carbonyl (C=O) groups excluding carboxylic acids is 1. The number of benzene rings is 1. The predicted octanol–water partition coefficient (Wildman–Crippen LogP) is 2.11. The van der Waals surface area contributed by atoms with Gasteiger partial charge in [-0.05, 0) is 30.5 Å². The highest BCUT2D eigenvalue weighted by Crippen LogP contribution is 2.37. The summed E-state index contributed by atoms with van der Waals surface area (Å²) in [4.78, 5) is 11.4. The van der Waals surface area contributed by atoms with E-state index in [1.54, 1.807) is 12.1 Å². The number of hydrogen-bond donors (Lipinski definition) is 2. The fourth-order valence-electron chi connectivity index (χ4n) is 2.89. The standard InChI is InChI=1S/C16H23NO3/c1-16(11-18)9-3-4-14(16)17-10-12-5-7-13(8-6-12)15(19)20-2/h5-8,14,17-18H,3-4,9-11H2,1-2H3/t14-,16+/m1/s1. The molecule has 1 aromatic rings. The van der Waals surface area contributed by atoms with Crippen LogP contribution >= 0.6 is 0 Å². The molecule has 1 saturated carbocycles. The zero-order valence-corrected chi connectivity index (χ0v) is 12.2. The van der Waals surface area contributed by atoms with Gasteiger partial charge in [0.1, 0.15) is 0 Å². The summed E-state index contributed by atoms with van der Waals surface area (Å²) >= 11 is 0. The highest BCUT2D eigenvalue weighted by molar-refractivity contribution is 5.89. The number of hydrogen-bond acceptors (Lipinski definition) is 4. The Balaban J connectivity index is 1.93. The van der Waals surface area contributed by atoms with Gasteiger partial charge in [-0.25, -0.2) is 4.79 Å². The molecule has 0 amide bonds. The van der Waals surface area contributed by atoms with E-state index >= 15 is 0 Å². The smallest absolute Gasteiger partial charge is 0.337 e. The maximum absolute atomic E-state index is 11.4. The van der Waals surface area contributed by atoms with E-state index in [0.29, 0.717) is 11.6 Å². The molecule has 1 aliphatic carbocycles. The molecule has 4 heteroatoms. The van der Waals surface area contributed by atoms with Crippen molar-refractivity contribution in [2.45, 2.75) is 38.8 Å². The van der Waals surface area contributed by atoms with Gasteiger partial charge in [-0.3, -0.25) is 0 Å². The first-order chi connectivity index (χ1) is 9.59. The molecular formula is C16H23NO3. The van der Waals surface area contributed by atoms with Crippen LogP contribution < -0.4 is 5.32 Å². The summed E-state index contributed by atoms with van der Waals surface area (Å²) in [6, 6.07) is 7.79. The van der Waals surface area contributed by atoms with E-state index < -0.39 is 0 Å². The van der Waals surface area contributed by atoms with Crippen LogP contribution in [0.25, 0.3) is 0 Å². The molecule has 1 fully saturated rings. The van der Waals surface area contributed by atoms with E-state index in [1.807, 2.05) is 12.1 Å². The molecule has 0 bridgehead atoms. The quantitative estimate of drug-likeness (QED) is 0.809. The van der Waals surface area contributed by atoms with Crippen molar-refractivity contribution >= 4 is 5.97 Å². The van der Waals surface area contributed by atoms with Gasteiger partial charge in [-0.15, -0.1) is 0 Å². The Labute approximate surface area is 120 Å². The summed E-state index contributed by atoms with van der Waals surface area (Å²) in [5, 5.41) is 13.1. The number of rotatable bonds is 5. The molecule has 110 valence electrons. The van der Waals surface area contributed by atoms with E-state index in [1.165, 1.54) is 7.11 Å². The van der Waals surface area contributed by atoms with Crippen LogP contribution in [0.15, 0.2) is 24.3 Å². The largest absolute Gasteiger partial charge is 0.465 e. The third kappa shape index (κ3) is 3.19. The monoisotopic (exact) mass is 277 g/mol. The number of aliphatic hydroxyl groups is 1. The van der Waals surface area contributed by atoms with E-state index in [-0.39, 0.29) is 18.0 Å². The first-order valence-electron chi connectivity index (χ1n) is 7.10. The van der Waals surface area contributed by atoms with E-state index in [4.69, 9.17) is 0 Å². The Morgan fingerprint density at radius 3 is 2.75 bits per heavy atom. The van der Waals surface area contributed by atoms with Crippen molar-refractivity contribution in [3.05, 3.63) is 35.4 Å². The summed E-state index contributed by atoms with van der Waals surface area (Å²) in [6.07, 6.45) is 3.34. The fraction of sp³-hybridized carbons (Fsp3) is 0.562. The first kappa shape index (κ1) is 15.0. The molecule has 2 atom stereocenters. The van der Waals surface area contributed by atoms with Gasteiger partial charge in [0, 0.05) is 24.6 Å². The summed E-state index contributed by atoms with van der Waals surface area (Å²) in [6.45, 7) is 3.12. The molecule has 0 spiro atoms. The maximum Gasteiger partial charge on any atom is 0.337 e. The number of esters is 1. The lowest BCUT2D eigenvalue weighted by Crippen LogP contribution is -2.41. The van der Waals surface area contributed by atoms with Gasteiger partial charge in [0.15, 0.2) is 0 Å². The van der Waals surface area contributed by atoms with Crippen LogP contribution in [0.5, 0.6) is 0 Å². The van der Waals surface area contributed by atoms with E-state index in [2.05, 4.69) is 17.0 Å². The Kier molecular flexibility index (Phi) is 4.78. The molecule has 0 aliphatic heterocycles. The molecule has 2 rings (SSSR count). The molecule has 0 radical (unpaired) electrons. The molecule has 1 aliphatic rings. The van der Waals surface area contributed by atoms with Crippen LogP contribution in [0.2, 0.25) is 0 Å². The Morgan fingerprint density at radius 2 is 2.15 bits per heavy atom. The van der Waals surface area contributed by atoms with Crippen molar-refractivity contribution in [2.75, 3.05) is 13.7 Å². The summed E-state index contributed by atoms with van der Waals surface area (Å²) in [5.41, 5.74) is 1.69. The number of aliphatic hydroxyl groups excluding tert-OH is 1. The van der Waals surface area contributed by atoms with Crippen molar-refractivity contribution in [3.63, 3.8) is 0 Å². The lowest BCUT2D eigenvalue weighted by atomic mass is 9.86. The average molecular weight is 277 g/mol. The van der Waals surface area contributed by atoms with Gasteiger partial charge >= 0.3 is 5.97 Å². The lowest BCUT2D eigenvalue weighted by molar-refractivity contribution is 0.0600. The topological polar surface area (TPSA) is 58.6 Å². The van der Waals surface area contributed by atoms with Crippen molar-refractivity contribution in [1.29, 1.82) is 0 Å². The van der Waals surface area contributed by atoms with Crippen molar-refractivity contribution in [2.24, 2.45) is 5.41 Å². The predicted molar refractivity (Wildman–Crippen MR) is 77.5 cm³/mol. The van der Waals surface area contributed by atoms with Gasteiger partial charge in [-0.2, -0.15) is 0 Å². The van der Waals surface area contributed by atoms with E-state index in [0.717, 1.165) is 31.4 Å². The van der Waals surface area contributed by atoms with Crippen molar-refractivity contribution in [3.8, 4) is 0 Å². The van der Waals surface area contributed by atoms with Crippen LogP contribution in [-0.2, 0) is 11.3 Å². The number of nitrogens with one attached hydrogen (secondary N) is 1. The maximum atomic E-state index is 11.4. The summed E-state index contributed by atoms with van der Waals surface area (Å²) in [5.74, 6) is -0.312. The molecule has 1 aromatic carbocycles. The molecule has 0 heterocycles. The third-order valence-corrected chi connectivity index (χ3v) is 4.37. The summed E-state index contributed by atoms with van der Waals surface area (Å²) in [7, 11) is 1.38. The highest BCUT2D eigenvalue weighted by Gasteiger charge is 2.37. The zero-order chi connectivity index (χ0) is 14.6. The van der Waals surface area contributed by atoms with Crippen LogP contribution in [-0.4, -0.2) is 30.8 Å². The van der Waals surface area contributed by atoms with Crippen LogP contribution in [0, 0.1) is 5.41 Å². The van der Waals surface area contributed by atoms with Gasteiger partial charge in [0.2, 0.25) is 0 Å². The molecule has 0 aromatic heterocycles. The molecule has 4 nitrogen and oxygen atoms in total. The second-order valence-corrected chi connectivity index (χ2v) is 5.83. The highest BCUT2D eigenvalue weighted by atomic mass is 16.5. The lowest BCUT2D eigenvalue weighted by Gasteiger charge is -2.30. The van der Waals surface area contributed by atoms with Crippen molar-refractivity contribution < 1.29 is 14.6 Å². The first-order valence-corrected chi connectivity index (χ1v) is 7.10. The van der Waals surface area contributed by atoms with Gasteiger partial charge in [-0.1, -0.05) is 25.5 Å². The second kappa shape index (κ2) is 6.37. The average Bonchev–Trinajstić information content (AvgIpc) is 2.86. The summed E-state index contributed by atoms with van der Waals surface area (Å²) < 4.78 is 4.68. The Bertz CT molecular complexity index is 457. The number of methoxy groups -OCH3 is 1. The van der Waals surface area contributed by atoms with Crippen LogP contribution in [0.1, 0.15) is 42.1 Å². The minimum Gasteiger partial charge on any atom is -0.465 e. The second-order valence-electron chi connectivity index (χ2n) is 5.83. The Morgan fingerprint density at radius 1 is 1.45 bits per heavy atom. The minimum absolute atomic E-state index is 0.00798. The van der Waals surface area contributed by atoms with E-state index in [9.17, 15) is 9.90 Å². The third-order valence-electron chi connectivity index (χ3n) is 4.37. The molecule has 0 saturated heterocycles. The van der Waals surface area contributed by atoms with Gasteiger partial charge in [0.25, 0.3) is 0 Å². The van der Waals surface area contributed by atoms with Crippen molar-refractivity contribution in [1.82, 2.24) is 5.32 Å². The molecule has 2 N–H and O–H groups in total. The molecule has 0 unspecified atom stereocenters. The van der Waals surface area contributed by atoms with Gasteiger partial charge < -0.3 is 15.2 Å². The number of carbonyl (C=O) groups is 1. The Hall–Kier alpha value is -1.39. The zero-order valence-electron chi connectivity index (χ0n) is 12.2. The molecular weight excluding hydrogens is 254 g/mol. The fourth-order valence-corrected chi connectivity index (χ4v) is 2.89. The minimum atomic E-state index is -0.312. The molecule has 20 heavy (non-hydrogen) atoms. The van der Waals surface area contributed by atoms with Crippen LogP contribution in [0.3, 0.4) is 0 Å². The van der Waals surface area contributed by atoms with Gasteiger partial charge in [0.05, 0.1) is 12.7 Å². The SMILES string of the molecule is COC(=O)c1ccc(CN[C@@H]2CCC[C@@]2(C)CO)cc1. The normalized spacial score (nSPS) is 25.6. The van der Waals surface area contributed by atoms with Crippen LogP contribution in [0.4, 0.5) is 0 Å². The number of ether oxygens (including phenoxy) is 1.